The Morgan fingerprint density at radius 1 is 1.15 bits per heavy atom. The van der Waals surface area contributed by atoms with Crippen molar-refractivity contribution in [3.05, 3.63) is 78.4 Å². The van der Waals surface area contributed by atoms with Crippen molar-refractivity contribution in [3.8, 4) is 22.5 Å². The maximum Gasteiger partial charge on any atom is 0.416 e. The Bertz CT molecular complexity index is 1530. The second kappa shape index (κ2) is 7.73. The summed E-state index contributed by atoms with van der Waals surface area (Å²) in [6.45, 7) is 2.13. The topological polar surface area (TPSA) is 114 Å². The monoisotopic (exact) mass is 456 g/mol. The SMILES string of the molecule is Cc1ccnc([C@H]2COC(=O)N2c2ccn3ncc(-c4ccc(-c5ncn[nH]5)c(F)c4)c3n2)c1. The first-order valence-electron chi connectivity index (χ1n) is 10.5. The molecular weight excluding hydrogens is 439 g/mol. The van der Waals surface area contributed by atoms with E-state index in [-0.39, 0.29) is 6.61 Å². The summed E-state index contributed by atoms with van der Waals surface area (Å²) in [5, 5.41) is 10.8. The van der Waals surface area contributed by atoms with Gasteiger partial charge in [-0.25, -0.2) is 28.6 Å². The summed E-state index contributed by atoms with van der Waals surface area (Å²) >= 11 is 0. The number of H-pyrrole nitrogens is 1. The molecule has 1 fully saturated rings. The number of aromatic amines is 1. The lowest BCUT2D eigenvalue weighted by Gasteiger charge is -2.20. The molecule has 5 aromatic rings. The van der Waals surface area contributed by atoms with Gasteiger partial charge in [-0.1, -0.05) is 6.07 Å². The third kappa shape index (κ3) is 3.25. The predicted molar refractivity (Wildman–Crippen MR) is 119 cm³/mol. The molecule has 0 unspecified atom stereocenters. The van der Waals surface area contributed by atoms with Gasteiger partial charge >= 0.3 is 6.09 Å². The first-order valence-corrected chi connectivity index (χ1v) is 10.5. The minimum Gasteiger partial charge on any atom is -0.446 e. The average molecular weight is 456 g/mol. The highest BCUT2D eigenvalue weighted by Gasteiger charge is 2.37. The molecule has 1 amide bonds. The van der Waals surface area contributed by atoms with Gasteiger partial charge in [0.2, 0.25) is 0 Å². The number of aryl methyl sites for hydroxylation is 1. The van der Waals surface area contributed by atoms with Crippen LogP contribution in [-0.4, -0.2) is 47.5 Å². The highest BCUT2D eigenvalue weighted by Crippen LogP contribution is 2.33. The van der Waals surface area contributed by atoms with E-state index in [4.69, 9.17) is 9.72 Å². The van der Waals surface area contributed by atoms with Gasteiger partial charge in [-0.05, 0) is 48.4 Å². The van der Waals surface area contributed by atoms with Crippen LogP contribution in [0.3, 0.4) is 0 Å². The van der Waals surface area contributed by atoms with Crippen molar-refractivity contribution in [2.24, 2.45) is 0 Å². The summed E-state index contributed by atoms with van der Waals surface area (Å²) in [5.74, 6) is 0.273. The molecule has 34 heavy (non-hydrogen) atoms. The van der Waals surface area contributed by atoms with Gasteiger partial charge < -0.3 is 4.74 Å². The van der Waals surface area contributed by atoms with E-state index in [2.05, 4.69) is 25.3 Å². The summed E-state index contributed by atoms with van der Waals surface area (Å²) in [6.07, 6.45) is 5.83. The van der Waals surface area contributed by atoms with E-state index in [0.29, 0.717) is 39.7 Å². The Morgan fingerprint density at radius 2 is 2.06 bits per heavy atom. The molecule has 168 valence electrons. The van der Waals surface area contributed by atoms with Crippen LogP contribution in [0, 0.1) is 12.7 Å². The van der Waals surface area contributed by atoms with Crippen LogP contribution in [0.15, 0.2) is 61.3 Å². The quantitative estimate of drug-likeness (QED) is 0.438. The molecule has 5 heterocycles. The number of aromatic nitrogens is 7. The highest BCUT2D eigenvalue weighted by atomic mass is 19.1. The van der Waals surface area contributed by atoms with E-state index in [1.807, 2.05) is 19.1 Å². The number of carbonyl (C=O) groups is 1. The fraction of sp³-hybridized carbons (Fsp3) is 0.130. The Hall–Kier alpha value is -4.67. The van der Waals surface area contributed by atoms with Crippen LogP contribution in [0.1, 0.15) is 17.3 Å². The molecule has 11 heteroatoms. The number of halogens is 1. The van der Waals surface area contributed by atoms with Crippen LogP contribution in [0.5, 0.6) is 0 Å². The van der Waals surface area contributed by atoms with Crippen LogP contribution >= 0.6 is 0 Å². The van der Waals surface area contributed by atoms with Crippen molar-refractivity contribution in [1.29, 1.82) is 0 Å². The fourth-order valence-corrected chi connectivity index (χ4v) is 4.04. The maximum absolute atomic E-state index is 14.8. The number of hydrogen-bond acceptors (Lipinski definition) is 7. The van der Waals surface area contributed by atoms with Crippen molar-refractivity contribution in [2.75, 3.05) is 11.5 Å². The molecule has 4 aromatic heterocycles. The Labute approximate surface area is 192 Å². The molecule has 1 aliphatic rings. The number of amides is 1. The number of fused-ring (bicyclic) bond motifs is 1. The standard InChI is InChI=1S/C23H17FN8O2/c1-13-4-6-25-18(8-13)19-11-34-23(33)32(19)20-5-7-31-22(29-20)16(10-28-31)14-2-3-15(17(24)9-14)21-26-12-27-30-21/h2-10,12,19H,11H2,1H3,(H,26,27,30)/t19-/m1/s1. The molecule has 0 aliphatic carbocycles. The maximum atomic E-state index is 14.8. The van der Waals surface area contributed by atoms with Crippen molar-refractivity contribution < 1.29 is 13.9 Å². The number of pyridine rings is 1. The van der Waals surface area contributed by atoms with Gasteiger partial charge in [0.25, 0.3) is 0 Å². The summed E-state index contributed by atoms with van der Waals surface area (Å²) in [5.41, 5.74) is 3.72. The minimum absolute atomic E-state index is 0.169. The average Bonchev–Trinajstić information content (AvgIpc) is 3.58. The van der Waals surface area contributed by atoms with Gasteiger partial charge in [0.1, 0.15) is 30.6 Å². The van der Waals surface area contributed by atoms with E-state index in [1.165, 1.54) is 17.3 Å². The molecular formula is C23H17FN8O2. The molecule has 6 rings (SSSR count). The van der Waals surface area contributed by atoms with Crippen molar-refractivity contribution in [1.82, 2.24) is 34.8 Å². The van der Waals surface area contributed by atoms with Crippen LogP contribution in [0.4, 0.5) is 15.0 Å². The molecule has 1 saturated heterocycles. The van der Waals surface area contributed by atoms with Gasteiger partial charge in [-0.15, -0.1) is 0 Å². The first kappa shape index (κ1) is 20.0. The summed E-state index contributed by atoms with van der Waals surface area (Å²) in [6, 6.07) is 9.86. The van der Waals surface area contributed by atoms with E-state index in [0.717, 1.165) is 5.56 Å². The van der Waals surface area contributed by atoms with Gasteiger partial charge in [0, 0.05) is 18.0 Å². The number of hydrogen-bond donors (Lipinski definition) is 1. The molecule has 0 radical (unpaired) electrons. The summed E-state index contributed by atoms with van der Waals surface area (Å²) in [7, 11) is 0. The molecule has 1 aromatic carbocycles. The number of nitrogens with zero attached hydrogens (tertiary/aromatic N) is 7. The van der Waals surface area contributed by atoms with Gasteiger partial charge in [0.15, 0.2) is 11.5 Å². The number of anilines is 1. The number of cyclic esters (lactones) is 1. The smallest absolute Gasteiger partial charge is 0.416 e. The number of ether oxygens (including phenoxy) is 1. The van der Waals surface area contributed by atoms with Crippen LogP contribution < -0.4 is 4.90 Å². The molecule has 10 nitrogen and oxygen atoms in total. The van der Waals surface area contributed by atoms with Gasteiger partial charge in [-0.3, -0.25) is 10.1 Å². The van der Waals surface area contributed by atoms with Gasteiger partial charge in [-0.2, -0.15) is 10.2 Å². The first-order chi connectivity index (χ1) is 16.6. The van der Waals surface area contributed by atoms with Crippen LogP contribution in [0.2, 0.25) is 0 Å². The van der Waals surface area contributed by atoms with E-state index in [9.17, 15) is 9.18 Å². The van der Waals surface area contributed by atoms with Crippen molar-refractivity contribution >= 4 is 17.6 Å². The lowest BCUT2D eigenvalue weighted by Crippen LogP contribution is -2.28. The van der Waals surface area contributed by atoms with E-state index >= 15 is 0 Å². The van der Waals surface area contributed by atoms with E-state index < -0.39 is 18.0 Å². The zero-order chi connectivity index (χ0) is 23.2. The highest BCUT2D eigenvalue weighted by molar-refractivity contribution is 5.90. The Morgan fingerprint density at radius 3 is 2.85 bits per heavy atom. The second-order valence-electron chi connectivity index (χ2n) is 7.86. The van der Waals surface area contributed by atoms with Crippen LogP contribution in [0.25, 0.3) is 28.2 Å². The number of benzene rings is 1. The molecule has 1 aliphatic heterocycles. The summed E-state index contributed by atoms with van der Waals surface area (Å²) in [4.78, 5) is 27.2. The van der Waals surface area contributed by atoms with Gasteiger partial charge in [0.05, 0.1) is 17.5 Å². The Kier molecular flexibility index (Phi) is 4.54. The zero-order valence-corrected chi connectivity index (χ0v) is 17.9. The number of rotatable bonds is 4. The van der Waals surface area contributed by atoms with Crippen molar-refractivity contribution in [3.63, 3.8) is 0 Å². The summed E-state index contributed by atoms with van der Waals surface area (Å²) < 4.78 is 21.7. The fourth-order valence-electron chi connectivity index (χ4n) is 4.04. The molecule has 0 spiro atoms. The molecule has 1 N–H and O–H groups in total. The lowest BCUT2D eigenvalue weighted by molar-refractivity contribution is 0.178. The molecule has 0 saturated carbocycles. The predicted octanol–water partition coefficient (Wildman–Crippen LogP) is 3.72. The second-order valence-corrected chi connectivity index (χ2v) is 7.86. The van der Waals surface area contributed by atoms with E-state index in [1.54, 1.807) is 41.3 Å². The lowest BCUT2D eigenvalue weighted by atomic mass is 10.1. The Balaban J connectivity index is 1.41. The number of carbonyl (C=O) groups excluding carboxylic acids is 1. The number of nitrogens with one attached hydrogen (secondary N) is 1. The third-order valence-electron chi connectivity index (χ3n) is 5.70. The van der Waals surface area contributed by atoms with Crippen molar-refractivity contribution in [2.45, 2.75) is 13.0 Å². The zero-order valence-electron chi connectivity index (χ0n) is 17.9. The molecule has 0 bridgehead atoms. The normalized spacial score (nSPS) is 15.8. The minimum atomic E-state index is -0.506. The molecule has 1 atom stereocenters. The van der Waals surface area contributed by atoms with Crippen LogP contribution in [-0.2, 0) is 4.74 Å². The third-order valence-corrected chi connectivity index (χ3v) is 5.70. The largest absolute Gasteiger partial charge is 0.446 e.